The second-order valence-corrected chi connectivity index (χ2v) is 5.48. The summed E-state index contributed by atoms with van der Waals surface area (Å²) < 4.78 is 82.7. The van der Waals surface area contributed by atoms with Gasteiger partial charge in [0.2, 0.25) is 5.91 Å². The molecule has 0 unspecified atom stereocenters. The smallest absolute Gasteiger partial charge is 0.365 e. The Morgan fingerprint density at radius 1 is 1.14 bits per heavy atom. The first kappa shape index (κ1) is 17.3. The van der Waals surface area contributed by atoms with Crippen molar-refractivity contribution in [2.75, 3.05) is 32.8 Å². The summed E-state index contributed by atoms with van der Waals surface area (Å²) in [6.45, 7) is -1.59. The third-order valence-electron chi connectivity index (χ3n) is 4.13. The van der Waals surface area contributed by atoms with Crippen molar-refractivity contribution in [3.63, 3.8) is 0 Å². The highest BCUT2D eigenvalue weighted by molar-refractivity contribution is 5.84. The standard InChI is InChI=1S/C12H16F6N2O2/c13-11(14,15)8-7-20(5-6-22-8)9(21)10(12(16,17)18)1-3-19-4-2-10/h8,19H,1-7H2/t8-/m1/s1. The molecule has 22 heavy (non-hydrogen) atoms. The van der Waals surface area contributed by atoms with Gasteiger partial charge in [0.25, 0.3) is 0 Å². The van der Waals surface area contributed by atoms with Crippen LogP contribution in [-0.4, -0.2) is 62.0 Å². The van der Waals surface area contributed by atoms with E-state index in [1.165, 1.54) is 0 Å². The molecule has 0 bridgehead atoms. The minimum absolute atomic E-state index is 0.00170. The first-order valence-corrected chi connectivity index (χ1v) is 6.83. The van der Waals surface area contributed by atoms with Gasteiger partial charge in [-0.15, -0.1) is 0 Å². The van der Waals surface area contributed by atoms with Gasteiger partial charge >= 0.3 is 12.4 Å². The number of morpholine rings is 1. The fourth-order valence-corrected chi connectivity index (χ4v) is 2.81. The summed E-state index contributed by atoms with van der Waals surface area (Å²) in [5.74, 6) is -1.28. The topological polar surface area (TPSA) is 41.6 Å². The second kappa shape index (κ2) is 5.88. The Bertz CT molecular complexity index is 417. The zero-order chi connectivity index (χ0) is 16.6. The molecule has 0 aromatic heterocycles. The zero-order valence-electron chi connectivity index (χ0n) is 11.6. The highest BCUT2D eigenvalue weighted by Crippen LogP contribution is 2.46. The van der Waals surface area contributed by atoms with Gasteiger partial charge in [0, 0.05) is 6.54 Å². The van der Waals surface area contributed by atoms with Gasteiger partial charge in [0.05, 0.1) is 13.2 Å². The van der Waals surface area contributed by atoms with Gasteiger partial charge < -0.3 is 15.0 Å². The van der Waals surface area contributed by atoms with Crippen LogP contribution in [0.25, 0.3) is 0 Å². The number of amides is 1. The van der Waals surface area contributed by atoms with Gasteiger partial charge in [0.15, 0.2) is 6.10 Å². The maximum absolute atomic E-state index is 13.4. The molecule has 2 saturated heterocycles. The Kier molecular flexibility index (Phi) is 4.63. The SMILES string of the molecule is O=C(N1CCO[C@@H](C(F)(F)F)C1)C1(C(F)(F)F)CCNCC1. The van der Waals surface area contributed by atoms with Crippen LogP contribution in [0.1, 0.15) is 12.8 Å². The lowest BCUT2D eigenvalue weighted by molar-refractivity contribution is -0.250. The molecule has 1 atom stereocenters. The number of hydrogen-bond acceptors (Lipinski definition) is 3. The van der Waals surface area contributed by atoms with Crippen molar-refractivity contribution < 1.29 is 35.9 Å². The number of rotatable bonds is 1. The molecule has 0 saturated carbocycles. The number of nitrogens with one attached hydrogen (secondary N) is 1. The van der Waals surface area contributed by atoms with Crippen molar-refractivity contribution in [3.05, 3.63) is 0 Å². The molecule has 10 heteroatoms. The lowest BCUT2D eigenvalue weighted by atomic mass is 9.76. The Morgan fingerprint density at radius 3 is 2.23 bits per heavy atom. The van der Waals surface area contributed by atoms with E-state index in [2.05, 4.69) is 10.1 Å². The molecule has 0 aliphatic carbocycles. The van der Waals surface area contributed by atoms with Crippen LogP contribution in [-0.2, 0) is 9.53 Å². The predicted octanol–water partition coefficient (Wildman–Crippen LogP) is 1.71. The molecule has 2 heterocycles. The zero-order valence-corrected chi connectivity index (χ0v) is 11.6. The molecule has 2 fully saturated rings. The fourth-order valence-electron chi connectivity index (χ4n) is 2.81. The molecule has 1 amide bonds. The van der Waals surface area contributed by atoms with Crippen molar-refractivity contribution in [1.29, 1.82) is 0 Å². The van der Waals surface area contributed by atoms with Crippen LogP contribution in [0.2, 0.25) is 0 Å². The number of halogens is 6. The summed E-state index contributed by atoms with van der Waals surface area (Å²) >= 11 is 0. The molecular formula is C12H16F6N2O2. The van der Waals surface area contributed by atoms with E-state index in [-0.39, 0.29) is 19.6 Å². The van der Waals surface area contributed by atoms with Crippen molar-refractivity contribution in [2.24, 2.45) is 5.41 Å². The van der Waals surface area contributed by atoms with E-state index in [0.29, 0.717) is 4.90 Å². The van der Waals surface area contributed by atoms with E-state index in [9.17, 15) is 31.1 Å². The van der Waals surface area contributed by atoms with E-state index >= 15 is 0 Å². The van der Waals surface area contributed by atoms with Crippen LogP contribution in [0, 0.1) is 5.41 Å². The highest BCUT2D eigenvalue weighted by atomic mass is 19.4. The third-order valence-corrected chi connectivity index (χ3v) is 4.13. The van der Waals surface area contributed by atoms with E-state index in [1.54, 1.807) is 0 Å². The maximum Gasteiger partial charge on any atom is 0.416 e. The highest BCUT2D eigenvalue weighted by Gasteiger charge is 2.61. The van der Waals surface area contributed by atoms with Crippen LogP contribution in [0.15, 0.2) is 0 Å². The van der Waals surface area contributed by atoms with Gasteiger partial charge in [-0.1, -0.05) is 0 Å². The molecule has 0 aromatic rings. The number of nitrogens with zero attached hydrogens (tertiary/aromatic N) is 1. The van der Waals surface area contributed by atoms with E-state index in [1.807, 2.05) is 0 Å². The molecule has 2 aliphatic heterocycles. The molecule has 0 radical (unpaired) electrons. The number of ether oxygens (including phenoxy) is 1. The quantitative estimate of drug-likeness (QED) is 0.743. The van der Waals surface area contributed by atoms with Gasteiger partial charge in [-0.3, -0.25) is 4.79 Å². The first-order chi connectivity index (χ1) is 10.1. The number of carbonyl (C=O) groups is 1. The average molecular weight is 334 g/mol. The molecular weight excluding hydrogens is 318 g/mol. The number of piperidine rings is 1. The van der Waals surface area contributed by atoms with Crippen LogP contribution >= 0.6 is 0 Å². The molecule has 0 spiro atoms. The Balaban J connectivity index is 2.20. The lowest BCUT2D eigenvalue weighted by Crippen LogP contribution is -2.60. The Morgan fingerprint density at radius 2 is 1.73 bits per heavy atom. The molecule has 2 aliphatic rings. The normalized spacial score (nSPS) is 26.8. The second-order valence-electron chi connectivity index (χ2n) is 5.48. The lowest BCUT2D eigenvalue weighted by Gasteiger charge is -2.43. The summed E-state index contributed by atoms with van der Waals surface area (Å²) in [4.78, 5) is 13.0. The van der Waals surface area contributed by atoms with Crippen molar-refractivity contribution in [1.82, 2.24) is 10.2 Å². The first-order valence-electron chi connectivity index (χ1n) is 6.83. The third kappa shape index (κ3) is 3.17. The van der Waals surface area contributed by atoms with Crippen molar-refractivity contribution >= 4 is 5.91 Å². The maximum atomic E-state index is 13.4. The van der Waals surface area contributed by atoms with Crippen molar-refractivity contribution in [3.8, 4) is 0 Å². The predicted molar refractivity (Wildman–Crippen MR) is 63.0 cm³/mol. The molecule has 0 aromatic carbocycles. The van der Waals surface area contributed by atoms with Crippen LogP contribution < -0.4 is 5.32 Å². The summed E-state index contributed by atoms with van der Waals surface area (Å²) in [6.07, 6.45) is -12.7. The number of carbonyl (C=O) groups excluding carboxylic acids is 1. The summed E-state index contributed by atoms with van der Waals surface area (Å²) in [5, 5.41) is 2.73. The van der Waals surface area contributed by atoms with Gasteiger partial charge in [-0.2, -0.15) is 26.3 Å². The monoisotopic (exact) mass is 334 g/mol. The van der Waals surface area contributed by atoms with E-state index < -0.39 is 55.8 Å². The van der Waals surface area contributed by atoms with Crippen LogP contribution in [0.4, 0.5) is 26.3 Å². The largest absolute Gasteiger partial charge is 0.416 e. The Hall–Kier alpha value is -1.03. The number of alkyl halides is 6. The van der Waals surface area contributed by atoms with Crippen LogP contribution in [0.3, 0.4) is 0 Å². The minimum Gasteiger partial charge on any atom is -0.365 e. The summed E-state index contributed by atoms with van der Waals surface area (Å²) in [7, 11) is 0. The number of hydrogen-bond donors (Lipinski definition) is 1. The molecule has 1 N–H and O–H groups in total. The minimum atomic E-state index is -4.79. The van der Waals surface area contributed by atoms with Gasteiger partial charge in [-0.05, 0) is 25.9 Å². The average Bonchev–Trinajstić information content (AvgIpc) is 2.45. The van der Waals surface area contributed by atoms with E-state index in [4.69, 9.17) is 0 Å². The van der Waals surface area contributed by atoms with Crippen molar-refractivity contribution in [2.45, 2.75) is 31.3 Å². The van der Waals surface area contributed by atoms with E-state index in [0.717, 1.165) is 0 Å². The van der Waals surface area contributed by atoms with Crippen LogP contribution in [0.5, 0.6) is 0 Å². The van der Waals surface area contributed by atoms with Gasteiger partial charge in [0.1, 0.15) is 5.41 Å². The summed E-state index contributed by atoms with van der Waals surface area (Å²) in [5.41, 5.74) is -2.61. The fraction of sp³-hybridized carbons (Fsp3) is 0.917. The van der Waals surface area contributed by atoms with Gasteiger partial charge in [-0.25, -0.2) is 0 Å². The molecule has 2 rings (SSSR count). The molecule has 128 valence electrons. The summed E-state index contributed by atoms with van der Waals surface area (Å²) in [6, 6.07) is 0. The Labute approximate surface area is 122 Å². The molecule has 4 nitrogen and oxygen atoms in total.